The topological polar surface area (TPSA) is 46.6 Å². The number of likely N-dealkylation sites (N-methyl/N-ethyl adjacent to an activating group) is 1. The van der Waals surface area contributed by atoms with Crippen molar-refractivity contribution in [2.45, 2.75) is 12.5 Å². The van der Waals surface area contributed by atoms with Gasteiger partial charge in [-0.05, 0) is 14.1 Å². The zero-order chi connectivity index (χ0) is 8.85. The summed E-state index contributed by atoms with van der Waals surface area (Å²) < 4.78 is 4.41. The number of carbonyl (C=O) groups excluding carboxylic acids is 2. The molecule has 0 N–H and O–H groups in total. The highest BCUT2D eigenvalue weighted by molar-refractivity contribution is 5.75. The van der Waals surface area contributed by atoms with Gasteiger partial charge in [-0.25, -0.2) is 0 Å². The van der Waals surface area contributed by atoms with Gasteiger partial charge < -0.3 is 9.53 Å². The molecule has 11 heavy (non-hydrogen) atoms. The molecule has 4 heteroatoms. The van der Waals surface area contributed by atoms with Crippen molar-refractivity contribution >= 4 is 12.3 Å². The quantitative estimate of drug-likeness (QED) is 0.416. The number of hydrogen-bond acceptors (Lipinski definition) is 4. The predicted molar refractivity (Wildman–Crippen MR) is 40.2 cm³/mol. The van der Waals surface area contributed by atoms with Crippen molar-refractivity contribution in [1.82, 2.24) is 4.90 Å². The summed E-state index contributed by atoms with van der Waals surface area (Å²) in [5, 5.41) is 0. The van der Waals surface area contributed by atoms with Crippen LogP contribution in [0.4, 0.5) is 0 Å². The SMILES string of the molecule is COC(=O)CC(C=O)N(C)C. The largest absolute Gasteiger partial charge is 0.469 e. The molecule has 0 aromatic heterocycles. The molecule has 1 unspecified atom stereocenters. The van der Waals surface area contributed by atoms with Gasteiger partial charge >= 0.3 is 5.97 Å². The first-order valence-electron chi connectivity index (χ1n) is 3.30. The molecule has 0 aromatic carbocycles. The summed E-state index contributed by atoms with van der Waals surface area (Å²) in [6, 6.07) is -0.373. The Kier molecular flexibility index (Phi) is 4.45. The highest BCUT2D eigenvalue weighted by Gasteiger charge is 2.14. The Balaban J connectivity index is 3.87. The Bertz CT molecular complexity index is 145. The minimum Gasteiger partial charge on any atom is -0.469 e. The standard InChI is InChI=1S/C7H13NO3/c1-8(2)6(5-9)4-7(10)11-3/h5-6H,4H2,1-3H3. The lowest BCUT2D eigenvalue weighted by atomic mass is 10.2. The molecule has 0 rings (SSSR count). The number of esters is 1. The number of aldehydes is 1. The number of rotatable bonds is 4. The number of carbonyl (C=O) groups is 2. The average molecular weight is 159 g/mol. The molecule has 4 nitrogen and oxygen atoms in total. The number of methoxy groups -OCH3 is 1. The van der Waals surface area contributed by atoms with E-state index >= 15 is 0 Å². The van der Waals surface area contributed by atoms with E-state index < -0.39 is 0 Å². The minimum absolute atomic E-state index is 0.118. The third kappa shape index (κ3) is 3.72. The monoisotopic (exact) mass is 159 g/mol. The summed E-state index contributed by atoms with van der Waals surface area (Å²) in [6.45, 7) is 0. The molecule has 0 fully saturated rings. The van der Waals surface area contributed by atoms with Gasteiger partial charge in [0.05, 0.1) is 19.6 Å². The average Bonchev–Trinajstić information content (AvgIpc) is 1.99. The van der Waals surface area contributed by atoms with E-state index in [2.05, 4.69) is 4.74 Å². The summed E-state index contributed by atoms with van der Waals surface area (Å²) in [6.07, 6.45) is 0.851. The van der Waals surface area contributed by atoms with E-state index in [0.717, 1.165) is 6.29 Å². The molecule has 64 valence electrons. The molecular weight excluding hydrogens is 146 g/mol. The van der Waals surface area contributed by atoms with Gasteiger partial charge in [0.2, 0.25) is 0 Å². The Morgan fingerprint density at radius 1 is 1.64 bits per heavy atom. The fourth-order valence-corrected chi connectivity index (χ4v) is 0.606. The molecule has 0 aliphatic heterocycles. The van der Waals surface area contributed by atoms with Gasteiger partial charge in [0.15, 0.2) is 0 Å². The van der Waals surface area contributed by atoms with Crippen molar-refractivity contribution < 1.29 is 14.3 Å². The van der Waals surface area contributed by atoms with Gasteiger partial charge in [0, 0.05) is 0 Å². The second-order valence-electron chi connectivity index (χ2n) is 2.45. The highest BCUT2D eigenvalue weighted by atomic mass is 16.5. The van der Waals surface area contributed by atoms with Gasteiger partial charge in [-0.2, -0.15) is 0 Å². The van der Waals surface area contributed by atoms with Crippen LogP contribution in [-0.4, -0.2) is 44.4 Å². The fourth-order valence-electron chi connectivity index (χ4n) is 0.606. The van der Waals surface area contributed by atoms with Crippen LogP contribution >= 0.6 is 0 Å². The van der Waals surface area contributed by atoms with Crippen molar-refractivity contribution in [2.75, 3.05) is 21.2 Å². The van der Waals surface area contributed by atoms with Crippen molar-refractivity contribution in [3.05, 3.63) is 0 Å². The molecule has 0 saturated heterocycles. The first-order chi connectivity index (χ1) is 5.11. The normalized spacial score (nSPS) is 12.7. The maximum absolute atomic E-state index is 10.7. The van der Waals surface area contributed by atoms with Gasteiger partial charge in [-0.1, -0.05) is 0 Å². The zero-order valence-electron chi connectivity index (χ0n) is 7.03. The number of hydrogen-bond donors (Lipinski definition) is 0. The molecule has 0 aromatic rings. The maximum atomic E-state index is 10.7. The van der Waals surface area contributed by atoms with Crippen LogP contribution in [-0.2, 0) is 14.3 Å². The van der Waals surface area contributed by atoms with E-state index in [0.29, 0.717) is 0 Å². The molecule has 0 spiro atoms. The first kappa shape index (κ1) is 10.1. The van der Waals surface area contributed by atoms with Gasteiger partial charge in [-0.15, -0.1) is 0 Å². The van der Waals surface area contributed by atoms with Crippen molar-refractivity contribution in [1.29, 1.82) is 0 Å². The molecule has 0 amide bonds. The molecule has 0 bridgehead atoms. The summed E-state index contributed by atoms with van der Waals surface area (Å²) in [5.41, 5.74) is 0. The summed E-state index contributed by atoms with van der Waals surface area (Å²) in [4.78, 5) is 22.7. The summed E-state index contributed by atoms with van der Waals surface area (Å²) in [7, 11) is 4.78. The van der Waals surface area contributed by atoms with Crippen molar-refractivity contribution in [3.8, 4) is 0 Å². The second-order valence-corrected chi connectivity index (χ2v) is 2.45. The molecule has 0 saturated carbocycles. The molecule has 0 aliphatic carbocycles. The Hall–Kier alpha value is -0.900. The van der Waals surface area contributed by atoms with Crippen LogP contribution in [0.2, 0.25) is 0 Å². The van der Waals surface area contributed by atoms with Crippen LogP contribution in [0.3, 0.4) is 0 Å². The first-order valence-corrected chi connectivity index (χ1v) is 3.30. The van der Waals surface area contributed by atoms with E-state index in [1.54, 1.807) is 19.0 Å². The van der Waals surface area contributed by atoms with E-state index in [1.165, 1.54) is 7.11 Å². The lowest BCUT2D eigenvalue weighted by Crippen LogP contribution is -2.31. The summed E-state index contributed by atoms with van der Waals surface area (Å²) >= 11 is 0. The third-order valence-electron chi connectivity index (χ3n) is 1.42. The van der Waals surface area contributed by atoms with Gasteiger partial charge in [-0.3, -0.25) is 9.69 Å². The van der Waals surface area contributed by atoms with Gasteiger partial charge in [0.25, 0.3) is 0 Å². The predicted octanol–water partition coefficient (Wildman–Crippen LogP) is -0.321. The molecule has 1 atom stereocenters. The lowest BCUT2D eigenvalue weighted by Gasteiger charge is -2.16. The number of ether oxygens (including phenoxy) is 1. The van der Waals surface area contributed by atoms with Crippen molar-refractivity contribution in [3.63, 3.8) is 0 Å². The Labute approximate surface area is 66.1 Å². The van der Waals surface area contributed by atoms with Gasteiger partial charge in [0.1, 0.15) is 6.29 Å². The van der Waals surface area contributed by atoms with E-state index in [9.17, 15) is 9.59 Å². The molecule has 0 radical (unpaired) electrons. The Morgan fingerprint density at radius 3 is 2.45 bits per heavy atom. The van der Waals surface area contributed by atoms with E-state index in [4.69, 9.17) is 0 Å². The third-order valence-corrected chi connectivity index (χ3v) is 1.42. The van der Waals surface area contributed by atoms with E-state index in [1.807, 2.05) is 0 Å². The second kappa shape index (κ2) is 4.85. The Morgan fingerprint density at radius 2 is 2.18 bits per heavy atom. The van der Waals surface area contributed by atoms with Crippen LogP contribution in [0.1, 0.15) is 6.42 Å². The molecule has 0 aliphatic rings. The highest BCUT2D eigenvalue weighted by Crippen LogP contribution is 1.96. The van der Waals surface area contributed by atoms with Crippen LogP contribution in [0.25, 0.3) is 0 Å². The zero-order valence-corrected chi connectivity index (χ0v) is 7.03. The van der Waals surface area contributed by atoms with Crippen LogP contribution in [0.15, 0.2) is 0 Å². The summed E-state index contributed by atoms with van der Waals surface area (Å²) in [5.74, 6) is -0.365. The minimum atomic E-state index is -0.373. The smallest absolute Gasteiger partial charge is 0.307 e. The van der Waals surface area contributed by atoms with Crippen LogP contribution < -0.4 is 0 Å². The van der Waals surface area contributed by atoms with Crippen LogP contribution in [0, 0.1) is 0 Å². The fraction of sp³-hybridized carbons (Fsp3) is 0.714. The van der Waals surface area contributed by atoms with E-state index in [-0.39, 0.29) is 18.4 Å². The lowest BCUT2D eigenvalue weighted by molar-refractivity contribution is -0.142. The maximum Gasteiger partial charge on any atom is 0.307 e. The molecule has 0 heterocycles. The number of nitrogens with zero attached hydrogens (tertiary/aromatic N) is 1. The van der Waals surface area contributed by atoms with Crippen molar-refractivity contribution in [2.24, 2.45) is 0 Å². The molecular formula is C7H13NO3. The van der Waals surface area contributed by atoms with Crippen LogP contribution in [0.5, 0.6) is 0 Å².